The summed E-state index contributed by atoms with van der Waals surface area (Å²) in [6.45, 7) is 0. The predicted molar refractivity (Wildman–Crippen MR) is 56.0 cm³/mol. The van der Waals surface area contributed by atoms with Crippen LogP contribution in [0.5, 0.6) is 0 Å². The second-order valence-electron chi connectivity index (χ2n) is 3.85. The van der Waals surface area contributed by atoms with E-state index >= 15 is 0 Å². The van der Waals surface area contributed by atoms with E-state index < -0.39 is 30.3 Å². The molecule has 1 fully saturated rings. The molecule has 6 heteroatoms. The lowest BCUT2D eigenvalue weighted by Crippen LogP contribution is -2.41. The average molecular weight is 239 g/mol. The van der Waals surface area contributed by atoms with Crippen LogP contribution in [0.2, 0.25) is 0 Å². The molecule has 1 heterocycles. The molecule has 1 aromatic rings. The Bertz CT molecular complexity index is 396. The van der Waals surface area contributed by atoms with Gasteiger partial charge in [-0.1, -0.05) is 30.3 Å². The molecule has 0 aliphatic carbocycles. The maximum atomic E-state index is 11.2. The molecule has 1 aliphatic rings. The number of hydrogen-bond donors (Lipinski definition) is 4. The summed E-state index contributed by atoms with van der Waals surface area (Å²) in [6, 6.07) is 8.77. The molecular formula is C11H13NO5. The molecule has 1 amide bonds. The number of hydrogen-bond acceptors (Lipinski definition) is 5. The molecule has 0 radical (unpaired) electrons. The van der Waals surface area contributed by atoms with E-state index in [2.05, 4.69) is 0 Å². The summed E-state index contributed by atoms with van der Waals surface area (Å²) in [7, 11) is 0. The van der Waals surface area contributed by atoms with Crippen LogP contribution in [0.15, 0.2) is 30.3 Å². The molecule has 17 heavy (non-hydrogen) atoms. The number of ether oxygens (including phenoxy) is 1. The predicted octanol–water partition coefficient (Wildman–Crippen LogP) is -0.646. The Morgan fingerprint density at radius 2 is 1.82 bits per heavy atom. The van der Waals surface area contributed by atoms with Crippen molar-refractivity contribution >= 4 is 5.91 Å². The zero-order valence-corrected chi connectivity index (χ0v) is 8.85. The van der Waals surface area contributed by atoms with Crippen molar-refractivity contribution in [3.63, 3.8) is 0 Å². The lowest BCUT2D eigenvalue weighted by Gasteiger charge is -2.14. The Balaban J connectivity index is 2.20. The number of hydroxylamine groups is 1. The molecule has 1 saturated heterocycles. The van der Waals surface area contributed by atoms with Crippen LogP contribution in [0, 0.1) is 0 Å². The highest BCUT2D eigenvalue weighted by molar-refractivity contribution is 5.80. The molecule has 0 unspecified atom stereocenters. The van der Waals surface area contributed by atoms with Crippen LogP contribution in [0.4, 0.5) is 0 Å². The molecular weight excluding hydrogens is 226 g/mol. The van der Waals surface area contributed by atoms with Crippen molar-refractivity contribution in [1.29, 1.82) is 0 Å². The first kappa shape index (κ1) is 12.0. The number of carbonyl (C=O) groups is 1. The van der Waals surface area contributed by atoms with Gasteiger partial charge in [-0.05, 0) is 5.56 Å². The van der Waals surface area contributed by atoms with Crippen LogP contribution in [0.1, 0.15) is 11.7 Å². The monoisotopic (exact) mass is 239 g/mol. The number of benzene rings is 1. The summed E-state index contributed by atoms with van der Waals surface area (Å²) in [5.74, 6) is -0.880. The van der Waals surface area contributed by atoms with E-state index in [1.54, 1.807) is 30.3 Å². The number of aliphatic hydroxyl groups is 2. The van der Waals surface area contributed by atoms with E-state index in [0.29, 0.717) is 5.56 Å². The van der Waals surface area contributed by atoms with Crippen molar-refractivity contribution < 1.29 is 25.0 Å². The molecule has 0 spiro atoms. The average Bonchev–Trinajstić information content (AvgIpc) is 2.67. The SMILES string of the molecule is O=C(NO)[C@H]1O[C@@H](c2ccccc2)[C@@H](O)[C@H]1O. The van der Waals surface area contributed by atoms with Crippen LogP contribution in [-0.2, 0) is 9.53 Å². The highest BCUT2D eigenvalue weighted by Gasteiger charge is 2.46. The van der Waals surface area contributed by atoms with Gasteiger partial charge in [0.25, 0.3) is 5.91 Å². The number of aliphatic hydroxyl groups excluding tert-OH is 2. The summed E-state index contributed by atoms with van der Waals surface area (Å²) >= 11 is 0. The van der Waals surface area contributed by atoms with Gasteiger partial charge in [0.1, 0.15) is 18.3 Å². The van der Waals surface area contributed by atoms with Gasteiger partial charge in [-0.2, -0.15) is 0 Å². The lowest BCUT2D eigenvalue weighted by atomic mass is 10.0. The standard InChI is InChI=1S/C11H13NO5/c13-7-8(14)10(11(15)12-16)17-9(7)6-4-2-1-3-5-6/h1-5,7-10,13-14,16H,(H,12,15)/t7-,8+,9-,10-/m0/s1. The Morgan fingerprint density at radius 1 is 1.18 bits per heavy atom. The summed E-state index contributed by atoms with van der Waals surface area (Å²) in [4.78, 5) is 11.2. The van der Waals surface area contributed by atoms with E-state index in [9.17, 15) is 15.0 Å². The van der Waals surface area contributed by atoms with Crippen molar-refractivity contribution in [3.05, 3.63) is 35.9 Å². The molecule has 4 N–H and O–H groups in total. The molecule has 4 atom stereocenters. The smallest absolute Gasteiger partial charge is 0.275 e. The van der Waals surface area contributed by atoms with Gasteiger partial charge in [0.2, 0.25) is 0 Å². The number of rotatable bonds is 2. The fourth-order valence-corrected chi connectivity index (χ4v) is 1.88. The molecule has 0 aromatic heterocycles. The van der Waals surface area contributed by atoms with Crippen molar-refractivity contribution in [1.82, 2.24) is 5.48 Å². The third-order valence-electron chi connectivity index (χ3n) is 2.76. The first-order valence-corrected chi connectivity index (χ1v) is 5.15. The largest absolute Gasteiger partial charge is 0.387 e. The minimum absolute atomic E-state index is 0.660. The number of nitrogens with one attached hydrogen (secondary N) is 1. The van der Waals surface area contributed by atoms with Crippen LogP contribution in [-0.4, -0.2) is 39.6 Å². The molecule has 6 nitrogen and oxygen atoms in total. The minimum atomic E-state index is -1.37. The molecule has 1 aromatic carbocycles. The first-order valence-electron chi connectivity index (χ1n) is 5.15. The fourth-order valence-electron chi connectivity index (χ4n) is 1.88. The quantitative estimate of drug-likeness (QED) is 0.406. The highest BCUT2D eigenvalue weighted by Crippen LogP contribution is 2.33. The molecule has 92 valence electrons. The number of carbonyl (C=O) groups excluding carboxylic acids is 1. The molecule has 2 rings (SSSR count). The highest BCUT2D eigenvalue weighted by atomic mass is 16.6. The van der Waals surface area contributed by atoms with Crippen molar-refractivity contribution in [2.24, 2.45) is 0 Å². The lowest BCUT2D eigenvalue weighted by molar-refractivity contribution is -0.144. The second-order valence-corrected chi connectivity index (χ2v) is 3.85. The molecule has 0 saturated carbocycles. The Labute approximate surface area is 97.4 Å². The second kappa shape index (κ2) is 4.80. The summed E-state index contributed by atoms with van der Waals surface area (Å²) in [6.07, 6.45) is -4.64. The van der Waals surface area contributed by atoms with Gasteiger partial charge in [-0.15, -0.1) is 0 Å². The van der Waals surface area contributed by atoms with Gasteiger partial charge in [0.15, 0.2) is 6.10 Å². The Hall–Kier alpha value is -1.47. The van der Waals surface area contributed by atoms with Gasteiger partial charge < -0.3 is 14.9 Å². The number of amides is 1. The van der Waals surface area contributed by atoms with Crippen LogP contribution < -0.4 is 5.48 Å². The van der Waals surface area contributed by atoms with Crippen LogP contribution >= 0.6 is 0 Å². The Kier molecular flexibility index (Phi) is 3.39. The van der Waals surface area contributed by atoms with Gasteiger partial charge in [-0.3, -0.25) is 10.0 Å². The fraction of sp³-hybridized carbons (Fsp3) is 0.364. The normalized spacial score (nSPS) is 32.4. The van der Waals surface area contributed by atoms with Gasteiger partial charge in [0.05, 0.1) is 0 Å². The zero-order chi connectivity index (χ0) is 12.4. The van der Waals surface area contributed by atoms with Crippen molar-refractivity contribution in [2.45, 2.75) is 24.4 Å². The maximum absolute atomic E-state index is 11.2. The Morgan fingerprint density at radius 3 is 2.41 bits per heavy atom. The van der Waals surface area contributed by atoms with E-state index in [1.807, 2.05) is 0 Å². The van der Waals surface area contributed by atoms with Gasteiger partial charge >= 0.3 is 0 Å². The van der Waals surface area contributed by atoms with Crippen molar-refractivity contribution in [2.75, 3.05) is 0 Å². The third-order valence-corrected chi connectivity index (χ3v) is 2.76. The summed E-state index contributed by atoms with van der Waals surface area (Å²) < 4.78 is 5.25. The van der Waals surface area contributed by atoms with Crippen LogP contribution in [0.25, 0.3) is 0 Å². The summed E-state index contributed by atoms with van der Waals surface area (Å²) in [5.41, 5.74) is 2.05. The zero-order valence-electron chi connectivity index (χ0n) is 8.85. The summed E-state index contributed by atoms with van der Waals surface area (Å²) in [5, 5.41) is 27.9. The van der Waals surface area contributed by atoms with Crippen molar-refractivity contribution in [3.8, 4) is 0 Å². The molecule has 0 bridgehead atoms. The van der Waals surface area contributed by atoms with E-state index in [1.165, 1.54) is 5.48 Å². The third kappa shape index (κ3) is 2.16. The molecule has 1 aliphatic heterocycles. The van der Waals surface area contributed by atoms with E-state index in [-0.39, 0.29) is 0 Å². The van der Waals surface area contributed by atoms with E-state index in [4.69, 9.17) is 9.94 Å². The topological polar surface area (TPSA) is 99.0 Å². The first-order chi connectivity index (χ1) is 8.15. The van der Waals surface area contributed by atoms with Crippen LogP contribution in [0.3, 0.4) is 0 Å². The van der Waals surface area contributed by atoms with E-state index in [0.717, 1.165) is 0 Å². The maximum Gasteiger partial charge on any atom is 0.275 e. The van der Waals surface area contributed by atoms with Gasteiger partial charge in [-0.25, -0.2) is 5.48 Å². The van der Waals surface area contributed by atoms with Gasteiger partial charge in [0, 0.05) is 0 Å². The minimum Gasteiger partial charge on any atom is -0.387 e.